The maximum atomic E-state index is 6.16. The molecule has 2 rings (SSSR count). The zero-order valence-electron chi connectivity index (χ0n) is 10.2. The number of nitrogens with two attached hydrogens (primary N) is 2. The molecule has 1 aromatic rings. The molecule has 0 aromatic heterocycles. The summed E-state index contributed by atoms with van der Waals surface area (Å²) in [4.78, 5) is 0. The molecule has 1 atom stereocenters. The lowest BCUT2D eigenvalue weighted by atomic mass is 9.97. The van der Waals surface area contributed by atoms with Gasteiger partial charge in [0, 0.05) is 6.04 Å². The smallest absolute Gasteiger partial charge is 0.161 e. The second kappa shape index (κ2) is 5.38. The highest BCUT2D eigenvalue weighted by Gasteiger charge is 2.17. The third-order valence-corrected chi connectivity index (χ3v) is 3.05. The minimum absolute atomic E-state index is 0.0226. The van der Waals surface area contributed by atoms with Gasteiger partial charge in [-0.05, 0) is 49.6 Å². The van der Waals surface area contributed by atoms with Crippen LogP contribution < -0.4 is 20.9 Å². The van der Waals surface area contributed by atoms with Crippen LogP contribution in [0, 0.1) is 6.92 Å². The van der Waals surface area contributed by atoms with Gasteiger partial charge in [0.2, 0.25) is 0 Å². The van der Waals surface area contributed by atoms with E-state index >= 15 is 0 Å². The van der Waals surface area contributed by atoms with E-state index in [1.165, 1.54) is 0 Å². The Morgan fingerprint density at radius 1 is 1.24 bits per heavy atom. The van der Waals surface area contributed by atoms with Crippen LogP contribution in [0.5, 0.6) is 11.5 Å². The van der Waals surface area contributed by atoms with Crippen LogP contribution in [0.25, 0.3) is 0 Å². The van der Waals surface area contributed by atoms with Crippen LogP contribution in [-0.4, -0.2) is 19.8 Å². The van der Waals surface area contributed by atoms with Crippen molar-refractivity contribution in [3.05, 3.63) is 23.3 Å². The van der Waals surface area contributed by atoms with Crippen molar-refractivity contribution < 1.29 is 9.47 Å². The molecule has 4 nitrogen and oxygen atoms in total. The van der Waals surface area contributed by atoms with E-state index in [1.807, 2.05) is 12.1 Å². The summed E-state index contributed by atoms with van der Waals surface area (Å²) in [6, 6.07) is 4.03. The Labute approximate surface area is 102 Å². The van der Waals surface area contributed by atoms with Crippen LogP contribution in [0.4, 0.5) is 0 Å². The van der Waals surface area contributed by atoms with Crippen LogP contribution in [0.3, 0.4) is 0 Å². The maximum absolute atomic E-state index is 6.16. The summed E-state index contributed by atoms with van der Waals surface area (Å²) >= 11 is 0. The second-order valence-corrected chi connectivity index (χ2v) is 4.39. The van der Waals surface area contributed by atoms with E-state index in [4.69, 9.17) is 20.9 Å². The van der Waals surface area contributed by atoms with Gasteiger partial charge in [0.25, 0.3) is 0 Å². The van der Waals surface area contributed by atoms with Crippen molar-refractivity contribution in [1.29, 1.82) is 0 Å². The number of hydrogen-bond donors (Lipinski definition) is 2. The molecule has 94 valence electrons. The molecular weight excluding hydrogens is 216 g/mol. The van der Waals surface area contributed by atoms with Crippen LogP contribution in [0.15, 0.2) is 12.1 Å². The molecule has 0 saturated carbocycles. The van der Waals surface area contributed by atoms with Crippen LogP contribution in [0.1, 0.15) is 30.0 Å². The first kappa shape index (κ1) is 12.2. The average molecular weight is 236 g/mol. The predicted octanol–water partition coefficient (Wildman–Crippen LogP) is 1.50. The molecule has 1 aromatic carbocycles. The Balaban J connectivity index is 2.22. The molecule has 17 heavy (non-hydrogen) atoms. The van der Waals surface area contributed by atoms with Crippen molar-refractivity contribution in [2.45, 2.75) is 25.8 Å². The van der Waals surface area contributed by atoms with Gasteiger partial charge in [-0.2, -0.15) is 0 Å². The highest BCUT2D eigenvalue weighted by atomic mass is 16.6. The highest BCUT2D eigenvalue weighted by molar-refractivity contribution is 5.48. The molecule has 0 aliphatic carbocycles. The van der Waals surface area contributed by atoms with Gasteiger partial charge in [0.05, 0.1) is 0 Å². The third-order valence-electron chi connectivity index (χ3n) is 3.05. The van der Waals surface area contributed by atoms with Gasteiger partial charge < -0.3 is 20.9 Å². The van der Waals surface area contributed by atoms with E-state index in [1.54, 1.807) is 0 Å². The summed E-state index contributed by atoms with van der Waals surface area (Å²) in [5, 5.41) is 0. The van der Waals surface area contributed by atoms with Crippen LogP contribution in [0.2, 0.25) is 0 Å². The zero-order chi connectivity index (χ0) is 12.3. The number of ether oxygens (including phenoxy) is 2. The number of benzene rings is 1. The van der Waals surface area contributed by atoms with E-state index in [9.17, 15) is 0 Å². The number of rotatable bonds is 4. The zero-order valence-corrected chi connectivity index (χ0v) is 10.2. The fourth-order valence-electron chi connectivity index (χ4n) is 2.10. The Hall–Kier alpha value is -1.26. The molecule has 1 aliphatic heterocycles. The third kappa shape index (κ3) is 2.70. The molecule has 0 bridgehead atoms. The van der Waals surface area contributed by atoms with Crippen molar-refractivity contribution in [3.63, 3.8) is 0 Å². The van der Waals surface area contributed by atoms with Gasteiger partial charge in [-0.25, -0.2) is 0 Å². The Bertz CT molecular complexity index is 393. The lowest BCUT2D eigenvalue weighted by Crippen LogP contribution is -2.18. The quantitative estimate of drug-likeness (QED) is 0.831. The lowest BCUT2D eigenvalue weighted by Gasteiger charge is -2.22. The fraction of sp³-hybridized carbons (Fsp3) is 0.538. The molecule has 0 spiro atoms. The number of aryl methyl sites for hydroxylation is 1. The Kier molecular flexibility index (Phi) is 3.86. The van der Waals surface area contributed by atoms with Crippen molar-refractivity contribution in [2.75, 3.05) is 19.8 Å². The molecular formula is C13H20N2O2. The summed E-state index contributed by atoms with van der Waals surface area (Å²) in [5.41, 5.74) is 13.9. The van der Waals surface area contributed by atoms with E-state index < -0.39 is 0 Å². The van der Waals surface area contributed by atoms with Gasteiger partial charge in [-0.3, -0.25) is 0 Å². The maximum Gasteiger partial charge on any atom is 0.161 e. The van der Waals surface area contributed by atoms with Crippen molar-refractivity contribution in [1.82, 2.24) is 0 Å². The monoisotopic (exact) mass is 236 g/mol. The molecule has 1 unspecified atom stereocenters. The van der Waals surface area contributed by atoms with Gasteiger partial charge in [0.1, 0.15) is 13.2 Å². The van der Waals surface area contributed by atoms with E-state index in [0.717, 1.165) is 35.5 Å². The predicted molar refractivity (Wildman–Crippen MR) is 67.4 cm³/mol. The normalized spacial score (nSPS) is 15.7. The topological polar surface area (TPSA) is 70.5 Å². The first-order valence-electron chi connectivity index (χ1n) is 6.08. The minimum atomic E-state index is 0.0226. The van der Waals surface area contributed by atoms with Gasteiger partial charge in [0.15, 0.2) is 11.5 Å². The molecule has 0 radical (unpaired) electrons. The van der Waals surface area contributed by atoms with Crippen molar-refractivity contribution in [2.24, 2.45) is 11.5 Å². The Morgan fingerprint density at radius 3 is 2.53 bits per heavy atom. The van der Waals surface area contributed by atoms with Gasteiger partial charge >= 0.3 is 0 Å². The molecule has 1 aliphatic rings. The van der Waals surface area contributed by atoms with E-state index in [0.29, 0.717) is 19.8 Å². The number of fused-ring (bicyclic) bond motifs is 1. The van der Waals surface area contributed by atoms with Crippen LogP contribution >= 0.6 is 0 Å². The second-order valence-electron chi connectivity index (χ2n) is 4.39. The standard InChI is InChI=1S/C13H20N2O2/c1-9-7-12-13(17-6-5-16-12)8-10(9)11(15)3-2-4-14/h7-8,11H,2-6,14-15H2,1H3. The summed E-state index contributed by atoms with van der Waals surface area (Å²) in [7, 11) is 0. The van der Waals surface area contributed by atoms with E-state index in [2.05, 4.69) is 6.92 Å². The molecule has 4 N–H and O–H groups in total. The first-order valence-corrected chi connectivity index (χ1v) is 6.08. The summed E-state index contributed by atoms with van der Waals surface area (Å²) in [5.74, 6) is 1.63. The SMILES string of the molecule is Cc1cc2c(cc1C(N)CCCN)OCCO2. The van der Waals surface area contributed by atoms with Gasteiger partial charge in [-0.1, -0.05) is 0 Å². The van der Waals surface area contributed by atoms with Crippen molar-refractivity contribution in [3.8, 4) is 11.5 Å². The first-order chi connectivity index (χ1) is 8.22. The molecule has 1 heterocycles. The van der Waals surface area contributed by atoms with E-state index in [-0.39, 0.29) is 6.04 Å². The Morgan fingerprint density at radius 2 is 1.88 bits per heavy atom. The largest absolute Gasteiger partial charge is 0.486 e. The highest BCUT2D eigenvalue weighted by Crippen LogP contribution is 2.35. The van der Waals surface area contributed by atoms with Gasteiger partial charge in [-0.15, -0.1) is 0 Å². The van der Waals surface area contributed by atoms with Crippen LogP contribution in [-0.2, 0) is 0 Å². The summed E-state index contributed by atoms with van der Waals surface area (Å²) in [6.45, 7) is 3.95. The summed E-state index contributed by atoms with van der Waals surface area (Å²) in [6.07, 6.45) is 1.84. The van der Waals surface area contributed by atoms with Crippen molar-refractivity contribution >= 4 is 0 Å². The fourth-order valence-corrected chi connectivity index (χ4v) is 2.10. The average Bonchev–Trinajstić information content (AvgIpc) is 2.35. The minimum Gasteiger partial charge on any atom is -0.486 e. The molecule has 4 heteroatoms. The lowest BCUT2D eigenvalue weighted by molar-refractivity contribution is 0.171. The molecule has 0 saturated heterocycles. The summed E-state index contributed by atoms with van der Waals surface area (Å²) < 4.78 is 11.1. The number of hydrogen-bond acceptors (Lipinski definition) is 4. The molecule has 0 fully saturated rings. The molecule has 0 amide bonds.